The quantitative estimate of drug-likeness (QED) is 0.780. The van der Waals surface area contributed by atoms with E-state index >= 15 is 0 Å². The fourth-order valence-electron chi connectivity index (χ4n) is 1.50. The van der Waals surface area contributed by atoms with Crippen molar-refractivity contribution < 1.29 is 13.2 Å². The normalized spacial score (nSPS) is 11.8. The lowest BCUT2D eigenvalue weighted by molar-refractivity contribution is -0.140. The largest absolute Gasteiger partial charge is 0.434 e. The van der Waals surface area contributed by atoms with Crippen molar-refractivity contribution in [1.82, 2.24) is 9.55 Å². The molecule has 2 aromatic rings. The summed E-state index contributed by atoms with van der Waals surface area (Å²) in [5, 5.41) is 0. The lowest BCUT2D eigenvalue weighted by Gasteiger charge is -2.01. The Morgan fingerprint density at radius 2 is 1.76 bits per heavy atom. The van der Waals surface area contributed by atoms with Gasteiger partial charge in [-0.3, -0.25) is 0 Å². The number of aryl methyl sites for hydroxylation is 1. The van der Waals surface area contributed by atoms with Gasteiger partial charge in [0.15, 0.2) is 5.69 Å². The molecular formula is C11H10F3N3. The third kappa shape index (κ3) is 2.25. The Bertz CT molecular complexity index is 526. The van der Waals surface area contributed by atoms with Gasteiger partial charge in [0.25, 0.3) is 0 Å². The molecule has 0 unspecified atom stereocenters. The lowest BCUT2D eigenvalue weighted by Crippen LogP contribution is -2.04. The summed E-state index contributed by atoms with van der Waals surface area (Å²) in [6, 6.07) is 6.52. The molecule has 2 N–H and O–H groups in total. The van der Waals surface area contributed by atoms with Crippen LogP contribution in [-0.4, -0.2) is 9.55 Å². The van der Waals surface area contributed by atoms with Crippen molar-refractivity contribution in [2.75, 3.05) is 5.73 Å². The molecule has 0 bridgehead atoms. The molecular weight excluding hydrogens is 231 g/mol. The molecule has 1 heterocycles. The maximum Gasteiger partial charge on any atom is 0.434 e. The van der Waals surface area contributed by atoms with Gasteiger partial charge < -0.3 is 10.3 Å². The molecule has 0 fully saturated rings. The predicted octanol–water partition coefficient (Wildman–Crippen LogP) is 2.69. The van der Waals surface area contributed by atoms with E-state index in [1.54, 1.807) is 24.3 Å². The molecule has 0 aliphatic carbocycles. The van der Waals surface area contributed by atoms with E-state index in [-0.39, 0.29) is 5.82 Å². The van der Waals surface area contributed by atoms with E-state index in [4.69, 9.17) is 5.73 Å². The SMILES string of the molecule is Cn1cc(C(F)(F)F)nc1-c1ccc(N)cc1. The second-order valence-corrected chi connectivity index (χ2v) is 3.68. The van der Waals surface area contributed by atoms with Crippen LogP contribution in [0.2, 0.25) is 0 Å². The predicted molar refractivity (Wildman–Crippen MR) is 58.1 cm³/mol. The summed E-state index contributed by atoms with van der Waals surface area (Å²) in [6.07, 6.45) is -3.46. The number of halogens is 3. The fraction of sp³-hybridized carbons (Fsp3) is 0.182. The maximum absolute atomic E-state index is 12.5. The molecule has 0 spiro atoms. The van der Waals surface area contributed by atoms with Gasteiger partial charge in [0.2, 0.25) is 0 Å². The Morgan fingerprint density at radius 3 is 2.24 bits per heavy atom. The molecule has 0 amide bonds. The van der Waals surface area contributed by atoms with Crippen LogP contribution in [0, 0.1) is 0 Å². The van der Waals surface area contributed by atoms with Crippen LogP contribution in [0.4, 0.5) is 18.9 Å². The van der Waals surface area contributed by atoms with Gasteiger partial charge in [-0.25, -0.2) is 4.98 Å². The number of aromatic nitrogens is 2. The molecule has 6 heteroatoms. The van der Waals surface area contributed by atoms with Crippen molar-refractivity contribution in [3.8, 4) is 11.4 Å². The molecule has 0 aliphatic rings. The van der Waals surface area contributed by atoms with Crippen LogP contribution in [0.3, 0.4) is 0 Å². The molecule has 2 rings (SSSR count). The van der Waals surface area contributed by atoms with Crippen LogP contribution < -0.4 is 5.73 Å². The Kier molecular flexibility index (Phi) is 2.57. The number of hydrogen-bond acceptors (Lipinski definition) is 2. The van der Waals surface area contributed by atoms with Crippen LogP contribution in [0.25, 0.3) is 11.4 Å². The number of nitrogens with two attached hydrogens (primary N) is 1. The van der Waals surface area contributed by atoms with Gasteiger partial charge in [0, 0.05) is 24.5 Å². The van der Waals surface area contributed by atoms with Gasteiger partial charge in [0.1, 0.15) is 5.82 Å². The van der Waals surface area contributed by atoms with Gasteiger partial charge in [-0.15, -0.1) is 0 Å². The molecule has 1 aromatic heterocycles. The van der Waals surface area contributed by atoms with Crippen molar-refractivity contribution in [2.45, 2.75) is 6.18 Å². The highest BCUT2D eigenvalue weighted by molar-refractivity contribution is 5.59. The molecule has 3 nitrogen and oxygen atoms in total. The van der Waals surface area contributed by atoms with E-state index in [0.29, 0.717) is 11.3 Å². The third-order valence-corrected chi connectivity index (χ3v) is 2.34. The highest BCUT2D eigenvalue weighted by atomic mass is 19.4. The van der Waals surface area contributed by atoms with Crippen molar-refractivity contribution in [3.63, 3.8) is 0 Å². The van der Waals surface area contributed by atoms with E-state index in [1.807, 2.05) is 0 Å². The van der Waals surface area contributed by atoms with Crippen molar-refractivity contribution in [1.29, 1.82) is 0 Å². The number of rotatable bonds is 1. The van der Waals surface area contributed by atoms with Gasteiger partial charge in [-0.05, 0) is 24.3 Å². The van der Waals surface area contributed by atoms with Crippen LogP contribution in [0.1, 0.15) is 5.69 Å². The average molecular weight is 241 g/mol. The van der Waals surface area contributed by atoms with Crippen LogP contribution >= 0.6 is 0 Å². The average Bonchev–Trinajstić information content (AvgIpc) is 2.61. The summed E-state index contributed by atoms with van der Waals surface area (Å²) >= 11 is 0. The zero-order chi connectivity index (χ0) is 12.6. The molecule has 0 atom stereocenters. The Balaban J connectivity index is 2.46. The summed E-state index contributed by atoms with van der Waals surface area (Å²) < 4.78 is 38.7. The highest BCUT2D eigenvalue weighted by Crippen LogP contribution is 2.30. The van der Waals surface area contributed by atoms with E-state index in [9.17, 15) is 13.2 Å². The van der Waals surface area contributed by atoms with Gasteiger partial charge in [-0.2, -0.15) is 13.2 Å². The third-order valence-electron chi connectivity index (χ3n) is 2.34. The monoisotopic (exact) mass is 241 g/mol. The van der Waals surface area contributed by atoms with Crippen LogP contribution in [0.15, 0.2) is 30.5 Å². The van der Waals surface area contributed by atoms with Gasteiger partial charge in [0.05, 0.1) is 0 Å². The zero-order valence-corrected chi connectivity index (χ0v) is 8.99. The minimum absolute atomic E-state index is 0.261. The minimum atomic E-state index is -4.43. The number of anilines is 1. The minimum Gasteiger partial charge on any atom is -0.399 e. The summed E-state index contributed by atoms with van der Waals surface area (Å²) in [5.41, 5.74) is 5.76. The number of alkyl halides is 3. The summed E-state index contributed by atoms with van der Waals surface area (Å²) in [7, 11) is 1.52. The highest BCUT2D eigenvalue weighted by Gasteiger charge is 2.34. The molecule has 0 radical (unpaired) electrons. The summed E-state index contributed by atoms with van der Waals surface area (Å²) in [6.45, 7) is 0. The topological polar surface area (TPSA) is 43.8 Å². The smallest absolute Gasteiger partial charge is 0.399 e. The first kappa shape index (κ1) is 11.5. The Labute approximate surface area is 95.7 Å². The van der Waals surface area contributed by atoms with Crippen LogP contribution in [-0.2, 0) is 13.2 Å². The fourth-order valence-corrected chi connectivity index (χ4v) is 1.50. The number of benzene rings is 1. The van der Waals surface area contributed by atoms with Crippen molar-refractivity contribution >= 4 is 5.69 Å². The number of nitrogen functional groups attached to an aromatic ring is 1. The van der Waals surface area contributed by atoms with E-state index < -0.39 is 11.9 Å². The first-order valence-electron chi connectivity index (χ1n) is 4.84. The van der Waals surface area contributed by atoms with E-state index in [2.05, 4.69) is 4.98 Å². The Morgan fingerprint density at radius 1 is 1.18 bits per heavy atom. The molecule has 0 saturated heterocycles. The Hall–Kier alpha value is -1.98. The number of hydrogen-bond donors (Lipinski definition) is 1. The van der Waals surface area contributed by atoms with Crippen molar-refractivity contribution in [2.24, 2.45) is 7.05 Å². The summed E-state index contributed by atoms with van der Waals surface area (Å²) in [5.74, 6) is 0.261. The molecule has 17 heavy (non-hydrogen) atoms. The van der Waals surface area contributed by atoms with Crippen LogP contribution in [0.5, 0.6) is 0 Å². The maximum atomic E-state index is 12.5. The van der Waals surface area contributed by atoms with Gasteiger partial charge in [-0.1, -0.05) is 0 Å². The molecule has 0 saturated carbocycles. The van der Waals surface area contributed by atoms with E-state index in [1.165, 1.54) is 11.6 Å². The van der Waals surface area contributed by atoms with Crippen molar-refractivity contribution in [3.05, 3.63) is 36.2 Å². The lowest BCUT2D eigenvalue weighted by atomic mass is 10.2. The molecule has 1 aromatic carbocycles. The second kappa shape index (κ2) is 3.80. The first-order chi connectivity index (χ1) is 7.88. The molecule has 90 valence electrons. The number of imidazole rings is 1. The molecule has 0 aliphatic heterocycles. The first-order valence-corrected chi connectivity index (χ1v) is 4.84. The zero-order valence-electron chi connectivity index (χ0n) is 8.99. The number of nitrogens with zero attached hydrogens (tertiary/aromatic N) is 2. The van der Waals surface area contributed by atoms with E-state index in [0.717, 1.165) is 6.20 Å². The van der Waals surface area contributed by atoms with Gasteiger partial charge >= 0.3 is 6.18 Å². The second-order valence-electron chi connectivity index (χ2n) is 3.68. The standard InChI is InChI=1S/C11H10F3N3/c1-17-6-9(11(12,13)14)16-10(17)7-2-4-8(15)5-3-7/h2-6H,15H2,1H3. The summed E-state index contributed by atoms with van der Waals surface area (Å²) in [4.78, 5) is 3.58.